The van der Waals surface area contributed by atoms with Crippen molar-refractivity contribution < 1.29 is 19.1 Å². The summed E-state index contributed by atoms with van der Waals surface area (Å²) in [6.07, 6.45) is 6.16. The molecule has 2 fully saturated rings. The number of esters is 1. The average molecular weight is 301 g/mol. The summed E-state index contributed by atoms with van der Waals surface area (Å²) in [6.45, 7) is 3.74. The van der Waals surface area contributed by atoms with Gasteiger partial charge in [-0.15, -0.1) is 0 Å². The van der Waals surface area contributed by atoms with E-state index < -0.39 is 5.97 Å². The van der Waals surface area contributed by atoms with E-state index in [4.69, 9.17) is 0 Å². The van der Waals surface area contributed by atoms with Crippen LogP contribution in [-0.4, -0.2) is 29.8 Å². The largest absolute Gasteiger partial charge is 0.465 e. The molecule has 4 atom stereocenters. The molecule has 2 bridgehead atoms. The molecule has 1 aliphatic heterocycles. The zero-order valence-corrected chi connectivity index (χ0v) is 12.9. The first kappa shape index (κ1) is 14.8. The Bertz CT molecular complexity index is 609. The Labute approximate surface area is 129 Å². The molecule has 0 N–H and O–H groups in total. The maximum Gasteiger partial charge on any atom is 0.338 e. The second-order valence-corrected chi connectivity index (χ2v) is 6.36. The number of amides is 2. The minimum Gasteiger partial charge on any atom is -0.465 e. The number of fused-ring (bicyclic) bond motifs is 5. The first-order valence-electron chi connectivity index (χ1n) is 7.56. The molecule has 2 amide bonds. The Balaban J connectivity index is 1.97. The Kier molecular flexibility index (Phi) is 3.53. The Morgan fingerprint density at radius 3 is 2.27 bits per heavy atom. The van der Waals surface area contributed by atoms with Gasteiger partial charge < -0.3 is 4.74 Å². The summed E-state index contributed by atoms with van der Waals surface area (Å²) >= 11 is 0. The summed E-state index contributed by atoms with van der Waals surface area (Å²) in [6, 6.07) is 0. The lowest BCUT2D eigenvalue weighted by Crippen LogP contribution is -2.34. The molecule has 5 nitrogen and oxygen atoms in total. The molecule has 0 radical (unpaired) electrons. The van der Waals surface area contributed by atoms with Crippen molar-refractivity contribution in [2.75, 3.05) is 7.11 Å². The van der Waals surface area contributed by atoms with Crippen molar-refractivity contribution in [3.63, 3.8) is 0 Å². The van der Waals surface area contributed by atoms with Crippen LogP contribution in [0.3, 0.4) is 0 Å². The molecule has 0 aromatic heterocycles. The van der Waals surface area contributed by atoms with Crippen LogP contribution in [-0.2, 0) is 19.1 Å². The fraction of sp³-hybridized carbons (Fsp3) is 0.529. The number of rotatable bonds is 3. The van der Waals surface area contributed by atoms with Gasteiger partial charge in [-0.1, -0.05) is 31.7 Å². The summed E-state index contributed by atoms with van der Waals surface area (Å²) in [5.74, 6) is -1.09. The zero-order chi connectivity index (χ0) is 16.0. The van der Waals surface area contributed by atoms with Crippen molar-refractivity contribution in [2.24, 2.45) is 29.6 Å². The third kappa shape index (κ3) is 2.04. The maximum absolute atomic E-state index is 12.7. The van der Waals surface area contributed by atoms with Gasteiger partial charge in [-0.05, 0) is 18.3 Å². The maximum atomic E-state index is 12.7. The molecule has 0 aromatic carbocycles. The van der Waals surface area contributed by atoms with Crippen LogP contribution < -0.4 is 0 Å². The van der Waals surface area contributed by atoms with Gasteiger partial charge in [-0.25, -0.2) is 9.69 Å². The molecule has 1 saturated heterocycles. The Hall–Kier alpha value is -2.13. The van der Waals surface area contributed by atoms with Crippen molar-refractivity contribution in [1.82, 2.24) is 4.90 Å². The van der Waals surface area contributed by atoms with Crippen LogP contribution in [0.1, 0.15) is 20.3 Å². The van der Waals surface area contributed by atoms with Crippen molar-refractivity contribution in [1.29, 1.82) is 0 Å². The van der Waals surface area contributed by atoms with Crippen LogP contribution in [0.25, 0.3) is 0 Å². The van der Waals surface area contributed by atoms with E-state index in [1.54, 1.807) is 0 Å². The number of methoxy groups -OCH3 is 1. The van der Waals surface area contributed by atoms with Crippen LogP contribution in [0.15, 0.2) is 29.7 Å². The second-order valence-electron chi connectivity index (χ2n) is 6.36. The van der Waals surface area contributed by atoms with Crippen molar-refractivity contribution in [3.05, 3.63) is 29.7 Å². The van der Waals surface area contributed by atoms with Gasteiger partial charge in [0.1, 0.15) is 0 Å². The number of hydrogen-bond donors (Lipinski definition) is 0. The predicted molar refractivity (Wildman–Crippen MR) is 78.0 cm³/mol. The second kappa shape index (κ2) is 5.25. The lowest BCUT2D eigenvalue weighted by atomic mass is 9.85. The molecule has 4 unspecified atom stereocenters. The number of allylic oxidation sites excluding steroid dienone is 2. The van der Waals surface area contributed by atoms with Crippen LogP contribution in [0.5, 0.6) is 0 Å². The predicted octanol–water partition coefficient (Wildman–Crippen LogP) is 1.66. The van der Waals surface area contributed by atoms with E-state index in [0.717, 1.165) is 12.5 Å². The van der Waals surface area contributed by atoms with E-state index in [2.05, 4.69) is 22.6 Å². The highest BCUT2D eigenvalue weighted by Gasteiger charge is 2.60. The van der Waals surface area contributed by atoms with Gasteiger partial charge in [0.15, 0.2) is 0 Å². The number of hydrogen-bond acceptors (Lipinski definition) is 4. The van der Waals surface area contributed by atoms with Gasteiger partial charge in [0.05, 0.1) is 30.7 Å². The number of carbonyl (C=O) groups is 3. The van der Waals surface area contributed by atoms with Gasteiger partial charge in [-0.3, -0.25) is 9.59 Å². The highest BCUT2D eigenvalue weighted by Crippen LogP contribution is 2.53. The molecule has 3 aliphatic rings. The molecule has 22 heavy (non-hydrogen) atoms. The first-order chi connectivity index (χ1) is 10.5. The highest BCUT2D eigenvalue weighted by molar-refractivity contribution is 6.08. The van der Waals surface area contributed by atoms with Crippen LogP contribution in [0.2, 0.25) is 0 Å². The molecule has 5 heteroatoms. The number of carbonyl (C=O) groups excluding carboxylic acids is 3. The number of likely N-dealkylation sites (tertiary alicyclic amines) is 1. The smallest absolute Gasteiger partial charge is 0.338 e. The minimum atomic E-state index is -0.556. The summed E-state index contributed by atoms with van der Waals surface area (Å²) in [5, 5.41) is 0. The van der Waals surface area contributed by atoms with Gasteiger partial charge in [0.2, 0.25) is 11.8 Å². The fourth-order valence-corrected chi connectivity index (χ4v) is 3.82. The molecule has 0 spiro atoms. The first-order valence-corrected chi connectivity index (χ1v) is 7.56. The van der Waals surface area contributed by atoms with Gasteiger partial charge in [0.25, 0.3) is 0 Å². The number of imide groups is 1. The molecular weight excluding hydrogens is 282 g/mol. The Morgan fingerprint density at radius 2 is 1.82 bits per heavy atom. The Morgan fingerprint density at radius 1 is 1.27 bits per heavy atom. The summed E-state index contributed by atoms with van der Waals surface area (Å²) in [4.78, 5) is 38.0. The summed E-state index contributed by atoms with van der Waals surface area (Å²) in [7, 11) is 1.27. The van der Waals surface area contributed by atoms with Gasteiger partial charge in [0, 0.05) is 5.92 Å². The summed E-state index contributed by atoms with van der Waals surface area (Å²) in [5.41, 5.74) is 3.23. The molecule has 1 saturated carbocycles. The lowest BCUT2D eigenvalue weighted by Gasteiger charge is -2.21. The quantitative estimate of drug-likeness (QED) is 0.261. The van der Waals surface area contributed by atoms with E-state index in [0.29, 0.717) is 5.70 Å². The van der Waals surface area contributed by atoms with E-state index in [1.807, 2.05) is 13.8 Å². The fourth-order valence-electron chi connectivity index (χ4n) is 3.82. The van der Waals surface area contributed by atoms with E-state index in [9.17, 15) is 14.4 Å². The monoisotopic (exact) mass is 301 g/mol. The topological polar surface area (TPSA) is 63.7 Å². The van der Waals surface area contributed by atoms with Crippen molar-refractivity contribution >= 4 is 17.8 Å². The molecule has 116 valence electrons. The standard InChI is InChI=1S/C17H19NO4/c1-9(2)12(6-7-13(19)22-3)18-16(20)14-10-4-5-11(8-10)15(14)17(18)21/h4-5,7,9-11,14-15H,8H2,1-3H3. The van der Waals surface area contributed by atoms with Gasteiger partial charge >= 0.3 is 5.97 Å². The van der Waals surface area contributed by atoms with Crippen molar-refractivity contribution in [3.8, 4) is 0 Å². The van der Waals surface area contributed by atoms with E-state index in [-0.39, 0.29) is 41.4 Å². The SMILES string of the molecule is COC(=O)C=C=C(C(C)C)N1C(=O)C2C3C=CC(C3)C2C1=O. The third-order valence-corrected chi connectivity index (χ3v) is 4.80. The van der Waals surface area contributed by atoms with E-state index >= 15 is 0 Å². The third-order valence-electron chi connectivity index (χ3n) is 4.80. The summed E-state index contributed by atoms with van der Waals surface area (Å²) < 4.78 is 4.55. The molecule has 0 aromatic rings. The van der Waals surface area contributed by atoms with Crippen molar-refractivity contribution in [2.45, 2.75) is 20.3 Å². The van der Waals surface area contributed by atoms with E-state index in [1.165, 1.54) is 12.0 Å². The number of ether oxygens (including phenoxy) is 1. The minimum absolute atomic E-state index is 0.0988. The molecular formula is C17H19NO4. The number of nitrogens with zero attached hydrogens (tertiary/aromatic N) is 1. The van der Waals surface area contributed by atoms with Crippen LogP contribution in [0, 0.1) is 29.6 Å². The zero-order valence-electron chi connectivity index (χ0n) is 12.9. The van der Waals surface area contributed by atoms with Gasteiger partial charge in [-0.2, -0.15) is 0 Å². The highest BCUT2D eigenvalue weighted by atomic mass is 16.5. The molecule has 1 heterocycles. The van der Waals surface area contributed by atoms with Crippen LogP contribution in [0.4, 0.5) is 0 Å². The van der Waals surface area contributed by atoms with Crippen LogP contribution >= 0.6 is 0 Å². The molecule has 3 rings (SSSR count). The average Bonchev–Trinajstić information content (AvgIpc) is 3.15. The lowest BCUT2D eigenvalue weighted by molar-refractivity contribution is -0.139. The normalized spacial score (nSPS) is 31.5. The molecule has 2 aliphatic carbocycles.